The first kappa shape index (κ1) is 13.6. The average Bonchev–Trinajstić information content (AvgIpc) is 3.15. The lowest BCUT2D eigenvalue weighted by Gasteiger charge is -1.91. The number of allylic oxidation sites excluding steroid dienone is 1. The Morgan fingerprint density at radius 3 is 2.87 bits per heavy atom. The Morgan fingerprint density at radius 2 is 2.04 bits per heavy atom. The first-order valence-electron chi connectivity index (χ1n) is 6.94. The molecule has 0 aliphatic heterocycles. The average molecular weight is 320 g/mol. The summed E-state index contributed by atoms with van der Waals surface area (Å²) in [5, 5.41) is 10.1. The number of rotatable bonds is 2. The van der Waals surface area contributed by atoms with Crippen molar-refractivity contribution in [3.05, 3.63) is 65.3 Å². The minimum atomic E-state index is 0.427. The maximum Gasteiger partial charge on any atom is 0.149 e. The molecule has 0 saturated carbocycles. The number of nitrogens with zero attached hydrogens (tertiary/aromatic N) is 4. The van der Waals surface area contributed by atoms with Crippen LogP contribution in [0.1, 0.15) is 11.5 Å². The molecule has 6 heteroatoms. The summed E-state index contributed by atoms with van der Waals surface area (Å²) in [6.45, 7) is 0. The van der Waals surface area contributed by atoms with Gasteiger partial charge in [-0.1, -0.05) is 23.7 Å². The van der Waals surface area contributed by atoms with E-state index in [0.717, 1.165) is 16.7 Å². The van der Waals surface area contributed by atoms with Crippen molar-refractivity contribution in [3.8, 4) is 6.07 Å². The Bertz CT molecular complexity index is 1060. The van der Waals surface area contributed by atoms with Crippen LogP contribution in [0, 0.1) is 11.3 Å². The van der Waals surface area contributed by atoms with Gasteiger partial charge in [0.15, 0.2) is 0 Å². The first-order valence-corrected chi connectivity index (χ1v) is 7.32. The molecule has 0 atom stereocenters. The second-order valence-corrected chi connectivity index (χ2v) is 5.49. The molecule has 0 amide bonds. The van der Waals surface area contributed by atoms with Crippen LogP contribution in [0.15, 0.2) is 48.8 Å². The topological polar surface area (TPSA) is 69.8 Å². The summed E-state index contributed by atoms with van der Waals surface area (Å²) in [6.07, 6.45) is 5.30. The van der Waals surface area contributed by atoms with Gasteiger partial charge in [-0.3, -0.25) is 0 Å². The molecule has 4 rings (SSSR count). The van der Waals surface area contributed by atoms with Gasteiger partial charge in [-0.2, -0.15) is 5.26 Å². The van der Waals surface area contributed by atoms with Crippen LogP contribution in [-0.4, -0.2) is 19.4 Å². The molecule has 0 saturated heterocycles. The number of pyridine rings is 1. The van der Waals surface area contributed by atoms with Crippen molar-refractivity contribution in [1.29, 1.82) is 5.26 Å². The summed E-state index contributed by atoms with van der Waals surface area (Å²) < 4.78 is 1.82. The molecule has 0 bridgehead atoms. The molecule has 0 aliphatic carbocycles. The number of nitriles is 1. The largest absolute Gasteiger partial charge is 0.337 e. The van der Waals surface area contributed by atoms with Crippen molar-refractivity contribution >= 4 is 39.9 Å². The summed E-state index contributed by atoms with van der Waals surface area (Å²) in [7, 11) is 0. The van der Waals surface area contributed by atoms with E-state index in [9.17, 15) is 5.26 Å². The minimum absolute atomic E-state index is 0.427. The third kappa shape index (κ3) is 2.45. The predicted octanol–water partition coefficient (Wildman–Crippen LogP) is 3.93. The summed E-state index contributed by atoms with van der Waals surface area (Å²) in [5.41, 5.74) is 3.58. The Morgan fingerprint density at radius 1 is 1.17 bits per heavy atom. The number of fused-ring (bicyclic) bond motifs is 2. The monoisotopic (exact) mass is 319 g/mol. The van der Waals surface area contributed by atoms with Gasteiger partial charge >= 0.3 is 0 Å². The highest BCUT2D eigenvalue weighted by Gasteiger charge is 2.09. The number of hydrogen-bond acceptors (Lipinski definition) is 3. The number of benzene rings is 1. The highest BCUT2D eigenvalue weighted by Crippen LogP contribution is 2.19. The molecule has 110 valence electrons. The molecule has 1 aromatic carbocycles. The fourth-order valence-corrected chi connectivity index (χ4v) is 2.60. The minimum Gasteiger partial charge on any atom is -0.337 e. The van der Waals surface area contributed by atoms with E-state index in [1.54, 1.807) is 18.3 Å². The highest BCUT2D eigenvalue weighted by molar-refractivity contribution is 6.30. The standard InChI is InChI=1S/C17H10ClN5/c18-12-5-6-16-20-13(10-23(16)9-12)7-11(8-19)17-21-14-3-1-2-4-15(14)22-17/h1-7,9-10H,(H,21,22). The molecule has 5 nitrogen and oxygen atoms in total. The number of aromatic nitrogens is 4. The van der Waals surface area contributed by atoms with Crippen LogP contribution in [0.2, 0.25) is 5.02 Å². The summed E-state index contributed by atoms with van der Waals surface area (Å²) in [5.74, 6) is 0.531. The van der Waals surface area contributed by atoms with Gasteiger partial charge < -0.3 is 9.38 Å². The lowest BCUT2D eigenvalue weighted by atomic mass is 10.2. The molecular weight excluding hydrogens is 310 g/mol. The van der Waals surface area contributed by atoms with E-state index in [2.05, 4.69) is 21.0 Å². The van der Waals surface area contributed by atoms with Gasteiger partial charge in [0.05, 0.1) is 27.3 Å². The van der Waals surface area contributed by atoms with E-state index in [4.69, 9.17) is 11.6 Å². The zero-order valence-corrected chi connectivity index (χ0v) is 12.6. The number of halogens is 1. The third-order valence-electron chi connectivity index (χ3n) is 3.49. The Kier molecular flexibility index (Phi) is 3.11. The van der Waals surface area contributed by atoms with Crippen LogP contribution >= 0.6 is 11.6 Å². The van der Waals surface area contributed by atoms with Crippen LogP contribution in [-0.2, 0) is 0 Å². The summed E-state index contributed by atoms with van der Waals surface area (Å²) >= 11 is 5.97. The van der Waals surface area contributed by atoms with Gasteiger partial charge in [0.1, 0.15) is 17.5 Å². The molecule has 3 heterocycles. The molecule has 3 aromatic heterocycles. The second-order valence-electron chi connectivity index (χ2n) is 5.05. The zero-order chi connectivity index (χ0) is 15.8. The van der Waals surface area contributed by atoms with Crippen LogP contribution in [0.5, 0.6) is 0 Å². The molecule has 0 fully saturated rings. The zero-order valence-electron chi connectivity index (χ0n) is 11.9. The molecule has 0 radical (unpaired) electrons. The number of para-hydroxylation sites is 2. The Balaban J connectivity index is 1.81. The van der Waals surface area contributed by atoms with Crippen LogP contribution in [0.25, 0.3) is 28.3 Å². The fraction of sp³-hybridized carbons (Fsp3) is 0. The fourth-order valence-electron chi connectivity index (χ4n) is 2.44. The smallest absolute Gasteiger partial charge is 0.149 e. The van der Waals surface area contributed by atoms with Gasteiger partial charge in [0.25, 0.3) is 0 Å². The van der Waals surface area contributed by atoms with Crippen molar-refractivity contribution in [2.75, 3.05) is 0 Å². The summed E-state index contributed by atoms with van der Waals surface area (Å²) in [6, 6.07) is 13.4. The van der Waals surface area contributed by atoms with E-state index in [1.165, 1.54) is 0 Å². The molecular formula is C17H10ClN5. The lowest BCUT2D eigenvalue weighted by Crippen LogP contribution is -1.84. The van der Waals surface area contributed by atoms with E-state index in [0.29, 0.717) is 22.1 Å². The first-order chi connectivity index (χ1) is 11.2. The molecule has 23 heavy (non-hydrogen) atoms. The Labute approximate surface area is 136 Å². The molecule has 0 aliphatic rings. The van der Waals surface area contributed by atoms with Gasteiger partial charge in [-0.15, -0.1) is 0 Å². The quantitative estimate of drug-likeness (QED) is 0.569. The van der Waals surface area contributed by atoms with Gasteiger partial charge in [-0.25, -0.2) is 9.97 Å². The van der Waals surface area contributed by atoms with Crippen molar-refractivity contribution in [2.45, 2.75) is 0 Å². The van der Waals surface area contributed by atoms with Crippen molar-refractivity contribution in [1.82, 2.24) is 19.4 Å². The van der Waals surface area contributed by atoms with E-state index in [-0.39, 0.29) is 0 Å². The number of nitrogens with one attached hydrogen (secondary N) is 1. The van der Waals surface area contributed by atoms with Crippen LogP contribution < -0.4 is 0 Å². The Hall–Kier alpha value is -3.10. The molecule has 4 aromatic rings. The SMILES string of the molecule is N#CC(=Cc1cn2cc(Cl)ccc2n1)c1nc2ccccc2[nH]1. The lowest BCUT2D eigenvalue weighted by molar-refractivity contribution is 1.19. The maximum atomic E-state index is 9.45. The number of imidazole rings is 2. The van der Waals surface area contributed by atoms with E-state index in [1.807, 2.05) is 40.9 Å². The normalized spacial score (nSPS) is 11.9. The second kappa shape index (κ2) is 5.27. The van der Waals surface area contributed by atoms with Crippen molar-refractivity contribution in [2.24, 2.45) is 0 Å². The van der Waals surface area contributed by atoms with Gasteiger partial charge in [0.2, 0.25) is 0 Å². The number of aromatic amines is 1. The van der Waals surface area contributed by atoms with Crippen molar-refractivity contribution < 1.29 is 0 Å². The molecule has 0 unspecified atom stereocenters. The predicted molar refractivity (Wildman–Crippen MR) is 89.8 cm³/mol. The third-order valence-corrected chi connectivity index (χ3v) is 3.71. The maximum absolute atomic E-state index is 9.45. The van der Waals surface area contributed by atoms with E-state index < -0.39 is 0 Å². The number of H-pyrrole nitrogens is 1. The van der Waals surface area contributed by atoms with Crippen LogP contribution in [0.4, 0.5) is 0 Å². The molecule has 0 spiro atoms. The van der Waals surface area contributed by atoms with Crippen LogP contribution in [0.3, 0.4) is 0 Å². The molecule has 1 N–H and O–H groups in total. The summed E-state index contributed by atoms with van der Waals surface area (Å²) in [4.78, 5) is 12.1. The van der Waals surface area contributed by atoms with Gasteiger partial charge in [-0.05, 0) is 30.3 Å². The van der Waals surface area contributed by atoms with E-state index >= 15 is 0 Å². The van der Waals surface area contributed by atoms with Gasteiger partial charge in [0, 0.05) is 12.4 Å². The van der Waals surface area contributed by atoms with Crippen molar-refractivity contribution in [3.63, 3.8) is 0 Å². The number of hydrogen-bond donors (Lipinski definition) is 1. The highest BCUT2D eigenvalue weighted by atomic mass is 35.5.